The Hall–Kier alpha value is -3.00. The van der Waals surface area contributed by atoms with Gasteiger partial charge in [0.15, 0.2) is 16.6 Å². The van der Waals surface area contributed by atoms with Gasteiger partial charge in [0.25, 0.3) is 5.91 Å². The van der Waals surface area contributed by atoms with Crippen LogP contribution in [0.4, 0.5) is 16.6 Å². The molecular weight excluding hydrogens is 348 g/mol. The fourth-order valence-corrected chi connectivity index (χ4v) is 3.53. The zero-order chi connectivity index (χ0) is 17.8. The van der Waals surface area contributed by atoms with Crippen molar-refractivity contribution in [1.29, 1.82) is 0 Å². The number of carbonyl (C=O) groups is 1. The molecule has 0 aliphatic carbocycles. The average molecular weight is 366 g/mol. The number of nitrogens with zero attached hydrogens (tertiary/aromatic N) is 5. The second kappa shape index (κ2) is 7.49. The fourth-order valence-electron chi connectivity index (χ4n) is 2.83. The normalized spacial score (nSPS) is 14.3. The van der Waals surface area contributed by atoms with Crippen molar-refractivity contribution in [3.05, 3.63) is 59.7 Å². The molecule has 0 unspecified atom stereocenters. The molecule has 3 heterocycles. The highest BCUT2D eigenvalue weighted by Crippen LogP contribution is 2.21. The van der Waals surface area contributed by atoms with Gasteiger partial charge in [-0.1, -0.05) is 18.2 Å². The predicted molar refractivity (Wildman–Crippen MR) is 103 cm³/mol. The van der Waals surface area contributed by atoms with Crippen molar-refractivity contribution < 1.29 is 4.79 Å². The van der Waals surface area contributed by atoms with E-state index in [0.29, 0.717) is 5.69 Å². The number of nitrogens with one attached hydrogen (secondary N) is 1. The quantitative estimate of drug-likeness (QED) is 0.765. The Bertz CT molecular complexity index is 845. The molecule has 132 valence electrons. The molecular formula is C18H18N6OS. The molecule has 0 saturated carbocycles. The summed E-state index contributed by atoms with van der Waals surface area (Å²) in [5.41, 5.74) is 1.04. The standard InChI is InChI=1S/C18H18N6OS/c25-17(20-14-4-2-1-3-5-14)15-6-7-16(22-21-15)23-9-11-24(12-10-23)18-19-8-13-26-18/h1-8,13H,9-12H2,(H,20,25). The Labute approximate surface area is 155 Å². The van der Waals surface area contributed by atoms with Crippen LogP contribution in [0.2, 0.25) is 0 Å². The third kappa shape index (κ3) is 3.65. The molecule has 1 aliphatic rings. The zero-order valence-corrected chi connectivity index (χ0v) is 14.9. The second-order valence-electron chi connectivity index (χ2n) is 5.89. The van der Waals surface area contributed by atoms with Crippen LogP contribution in [0.25, 0.3) is 0 Å². The molecule has 1 saturated heterocycles. The summed E-state index contributed by atoms with van der Waals surface area (Å²) in [5.74, 6) is 0.531. The smallest absolute Gasteiger partial charge is 0.276 e. The molecule has 8 heteroatoms. The third-order valence-electron chi connectivity index (χ3n) is 4.21. The average Bonchev–Trinajstić information content (AvgIpc) is 3.24. The third-order valence-corrected chi connectivity index (χ3v) is 5.04. The van der Waals surface area contributed by atoms with E-state index in [0.717, 1.165) is 42.8 Å². The maximum Gasteiger partial charge on any atom is 0.276 e. The molecule has 26 heavy (non-hydrogen) atoms. The van der Waals surface area contributed by atoms with Crippen molar-refractivity contribution in [1.82, 2.24) is 15.2 Å². The first-order chi connectivity index (χ1) is 12.8. The largest absolute Gasteiger partial charge is 0.352 e. The van der Waals surface area contributed by atoms with E-state index in [9.17, 15) is 4.79 Å². The highest BCUT2D eigenvalue weighted by atomic mass is 32.1. The Balaban J connectivity index is 1.36. The molecule has 0 atom stereocenters. The summed E-state index contributed by atoms with van der Waals surface area (Å²) in [6, 6.07) is 12.9. The highest BCUT2D eigenvalue weighted by molar-refractivity contribution is 7.13. The van der Waals surface area contributed by atoms with Gasteiger partial charge in [-0.15, -0.1) is 21.5 Å². The minimum Gasteiger partial charge on any atom is -0.352 e. The van der Waals surface area contributed by atoms with Crippen molar-refractivity contribution in [3.8, 4) is 0 Å². The van der Waals surface area contributed by atoms with Crippen molar-refractivity contribution in [2.24, 2.45) is 0 Å². The molecule has 1 aromatic carbocycles. The number of hydrogen-bond acceptors (Lipinski definition) is 7. The van der Waals surface area contributed by atoms with Crippen LogP contribution in [0.5, 0.6) is 0 Å². The minimum absolute atomic E-state index is 0.260. The lowest BCUT2D eigenvalue weighted by molar-refractivity contribution is 0.102. The molecule has 4 rings (SSSR count). The van der Waals surface area contributed by atoms with E-state index in [1.807, 2.05) is 48.0 Å². The molecule has 2 aromatic heterocycles. The summed E-state index contributed by atoms with van der Waals surface area (Å²) in [6.45, 7) is 3.49. The zero-order valence-electron chi connectivity index (χ0n) is 14.1. The van der Waals surface area contributed by atoms with E-state index < -0.39 is 0 Å². The lowest BCUT2D eigenvalue weighted by Gasteiger charge is -2.34. The van der Waals surface area contributed by atoms with Crippen LogP contribution >= 0.6 is 11.3 Å². The summed E-state index contributed by atoms with van der Waals surface area (Å²) in [7, 11) is 0. The van der Waals surface area contributed by atoms with Gasteiger partial charge in [0.05, 0.1) is 0 Å². The van der Waals surface area contributed by atoms with Crippen molar-refractivity contribution in [2.75, 3.05) is 41.3 Å². The Morgan fingerprint density at radius 3 is 2.38 bits per heavy atom. The number of anilines is 3. The first kappa shape index (κ1) is 16.5. The molecule has 1 fully saturated rings. The lowest BCUT2D eigenvalue weighted by atomic mass is 10.3. The number of para-hydroxylation sites is 1. The minimum atomic E-state index is -0.260. The topological polar surface area (TPSA) is 74.2 Å². The van der Waals surface area contributed by atoms with Gasteiger partial charge < -0.3 is 15.1 Å². The van der Waals surface area contributed by atoms with Gasteiger partial charge in [-0.2, -0.15) is 0 Å². The number of thiazole rings is 1. The van der Waals surface area contributed by atoms with Gasteiger partial charge in [0.2, 0.25) is 0 Å². The number of benzene rings is 1. The van der Waals surface area contributed by atoms with E-state index >= 15 is 0 Å². The van der Waals surface area contributed by atoms with Gasteiger partial charge in [-0.05, 0) is 24.3 Å². The van der Waals surface area contributed by atoms with Gasteiger partial charge in [0.1, 0.15) is 0 Å². The van der Waals surface area contributed by atoms with Crippen molar-refractivity contribution in [3.63, 3.8) is 0 Å². The highest BCUT2D eigenvalue weighted by Gasteiger charge is 2.20. The molecule has 0 bridgehead atoms. The van der Waals surface area contributed by atoms with Crippen LogP contribution < -0.4 is 15.1 Å². The second-order valence-corrected chi connectivity index (χ2v) is 6.76. The summed E-state index contributed by atoms with van der Waals surface area (Å²) >= 11 is 1.66. The number of carbonyl (C=O) groups excluding carboxylic acids is 1. The molecule has 0 radical (unpaired) electrons. The van der Waals surface area contributed by atoms with Crippen LogP contribution in [0.3, 0.4) is 0 Å². The first-order valence-electron chi connectivity index (χ1n) is 8.39. The Kier molecular flexibility index (Phi) is 4.74. The fraction of sp³-hybridized carbons (Fsp3) is 0.222. The van der Waals surface area contributed by atoms with Crippen LogP contribution in [-0.4, -0.2) is 47.3 Å². The predicted octanol–water partition coefficient (Wildman–Crippen LogP) is 2.51. The maximum atomic E-state index is 12.2. The first-order valence-corrected chi connectivity index (χ1v) is 9.27. The van der Waals surface area contributed by atoms with Crippen molar-refractivity contribution >= 4 is 33.9 Å². The number of amides is 1. The molecule has 1 aliphatic heterocycles. The van der Waals surface area contributed by atoms with Gasteiger partial charge >= 0.3 is 0 Å². The van der Waals surface area contributed by atoms with E-state index in [1.54, 1.807) is 17.4 Å². The lowest BCUT2D eigenvalue weighted by Crippen LogP contribution is -2.46. The molecule has 1 amide bonds. The van der Waals surface area contributed by atoms with Gasteiger partial charge in [-0.25, -0.2) is 4.98 Å². The number of rotatable bonds is 4. The van der Waals surface area contributed by atoms with Crippen LogP contribution in [0.15, 0.2) is 54.0 Å². The monoisotopic (exact) mass is 366 g/mol. The molecule has 0 spiro atoms. The van der Waals surface area contributed by atoms with Gasteiger partial charge in [0, 0.05) is 43.4 Å². The summed E-state index contributed by atoms with van der Waals surface area (Å²) in [5, 5.41) is 14.2. The Morgan fingerprint density at radius 2 is 1.73 bits per heavy atom. The summed E-state index contributed by atoms with van der Waals surface area (Å²) in [4.78, 5) is 21.0. The van der Waals surface area contributed by atoms with Crippen LogP contribution in [0.1, 0.15) is 10.5 Å². The summed E-state index contributed by atoms with van der Waals surface area (Å²) < 4.78 is 0. The molecule has 3 aromatic rings. The number of piperazine rings is 1. The van der Waals surface area contributed by atoms with Crippen LogP contribution in [-0.2, 0) is 0 Å². The van der Waals surface area contributed by atoms with E-state index in [4.69, 9.17) is 0 Å². The molecule has 1 N–H and O–H groups in total. The van der Waals surface area contributed by atoms with E-state index in [-0.39, 0.29) is 5.91 Å². The van der Waals surface area contributed by atoms with Gasteiger partial charge in [-0.3, -0.25) is 4.79 Å². The summed E-state index contributed by atoms with van der Waals surface area (Å²) in [6.07, 6.45) is 1.83. The van der Waals surface area contributed by atoms with E-state index in [1.165, 1.54) is 0 Å². The number of hydrogen-bond donors (Lipinski definition) is 1. The van der Waals surface area contributed by atoms with E-state index in [2.05, 4.69) is 30.3 Å². The van der Waals surface area contributed by atoms with Crippen molar-refractivity contribution in [2.45, 2.75) is 0 Å². The van der Waals surface area contributed by atoms with Crippen LogP contribution in [0, 0.1) is 0 Å². The Morgan fingerprint density at radius 1 is 0.962 bits per heavy atom. The molecule has 7 nitrogen and oxygen atoms in total. The maximum absolute atomic E-state index is 12.2. The SMILES string of the molecule is O=C(Nc1ccccc1)c1ccc(N2CCN(c3nccs3)CC2)nn1. The number of aromatic nitrogens is 3.